The van der Waals surface area contributed by atoms with Crippen molar-refractivity contribution in [3.63, 3.8) is 0 Å². The molecule has 3 rings (SSSR count). The van der Waals surface area contributed by atoms with Crippen LogP contribution in [0.15, 0.2) is 59.2 Å². The molecule has 1 heterocycles. The number of fused-ring (bicyclic) bond motifs is 1. The SMILES string of the molecule is CCCOc1ccc(NC(=O)COc2ccc(Br)cc2)c2cccnc12. The highest BCUT2D eigenvalue weighted by atomic mass is 79.9. The van der Waals surface area contributed by atoms with Crippen LogP contribution in [0.2, 0.25) is 0 Å². The third kappa shape index (κ3) is 4.52. The minimum absolute atomic E-state index is 0.0720. The summed E-state index contributed by atoms with van der Waals surface area (Å²) in [5.74, 6) is 1.12. The van der Waals surface area contributed by atoms with Crippen molar-refractivity contribution in [1.29, 1.82) is 0 Å². The highest BCUT2D eigenvalue weighted by molar-refractivity contribution is 9.10. The van der Waals surface area contributed by atoms with Crippen LogP contribution in [0.25, 0.3) is 10.9 Å². The van der Waals surface area contributed by atoms with Gasteiger partial charge >= 0.3 is 0 Å². The Hall–Kier alpha value is -2.60. The molecule has 0 aliphatic carbocycles. The van der Waals surface area contributed by atoms with Gasteiger partial charge in [-0.15, -0.1) is 0 Å². The van der Waals surface area contributed by atoms with Crippen LogP contribution in [0.4, 0.5) is 5.69 Å². The van der Waals surface area contributed by atoms with E-state index in [1.165, 1.54) is 0 Å². The van der Waals surface area contributed by atoms with Crippen molar-refractivity contribution < 1.29 is 14.3 Å². The minimum Gasteiger partial charge on any atom is -0.491 e. The van der Waals surface area contributed by atoms with Crippen LogP contribution in [-0.4, -0.2) is 24.1 Å². The Morgan fingerprint density at radius 1 is 1.12 bits per heavy atom. The number of rotatable bonds is 7. The second kappa shape index (κ2) is 8.67. The van der Waals surface area contributed by atoms with Gasteiger partial charge in [-0.1, -0.05) is 22.9 Å². The second-order valence-electron chi connectivity index (χ2n) is 5.65. The monoisotopic (exact) mass is 414 g/mol. The summed E-state index contributed by atoms with van der Waals surface area (Å²) < 4.78 is 12.2. The van der Waals surface area contributed by atoms with Gasteiger partial charge < -0.3 is 14.8 Å². The zero-order chi connectivity index (χ0) is 18.4. The lowest BCUT2D eigenvalue weighted by atomic mass is 10.1. The summed E-state index contributed by atoms with van der Waals surface area (Å²) in [5.41, 5.74) is 1.41. The molecule has 0 unspecified atom stereocenters. The molecule has 0 fully saturated rings. The highest BCUT2D eigenvalue weighted by Crippen LogP contribution is 2.30. The Kier molecular flexibility index (Phi) is 6.07. The van der Waals surface area contributed by atoms with Crippen molar-refractivity contribution in [2.24, 2.45) is 0 Å². The number of carbonyl (C=O) groups is 1. The predicted molar refractivity (Wildman–Crippen MR) is 106 cm³/mol. The highest BCUT2D eigenvalue weighted by Gasteiger charge is 2.11. The first-order valence-corrected chi connectivity index (χ1v) is 9.15. The van der Waals surface area contributed by atoms with Crippen molar-refractivity contribution in [2.45, 2.75) is 13.3 Å². The largest absolute Gasteiger partial charge is 0.491 e. The fraction of sp³-hybridized carbons (Fsp3) is 0.200. The van der Waals surface area contributed by atoms with Gasteiger partial charge in [-0.25, -0.2) is 0 Å². The van der Waals surface area contributed by atoms with E-state index in [9.17, 15) is 4.79 Å². The van der Waals surface area contributed by atoms with E-state index >= 15 is 0 Å². The van der Waals surface area contributed by atoms with Gasteiger partial charge in [-0.05, 0) is 55.0 Å². The Balaban J connectivity index is 1.71. The lowest BCUT2D eigenvalue weighted by Crippen LogP contribution is -2.20. The molecule has 0 bridgehead atoms. The number of hydrogen-bond donors (Lipinski definition) is 1. The zero-order valence-electron chi connectivity index (χ0n) is 14.4. The van der Waals surface area contributed by atoms with Gasteiger partial charge in [0, 0.05) is 16.1 Å². The van der Waals surface area contributed by atoms with E-state index in [1.807, 2.05) is 36.4 Å². The summed E-state index contributed by atoms with van der Waals surface area (Å²) in [6, 6.07) is 14.7. The molecule has 134 valence electrons. The van der Waals surface area contributed by atoms with Crippen LogP contribution in [0.3, 0.4) is 0 Å². The number of hydrogen-bond acceptors (Lipinski definition) is 4. The summed E-state index contributed by atoms with van der Waals surface area (Å²) >= 11 is 3.36. The number of halogens is 1. The van der Waals surface area contributed by atoms with E-state index < -0.39 is 0 Å². The van der Waals surface area contributed by atoms with Crippen LogP contribution in [0.5, 0.6) is 11.5 Å². The van der Waals surface area contributed by atoms with Gasteiger partial charge in [0.05, 0.1) is 12.3 Å². The van der Waals surface area contributed by atoms with E-state index in [0.717, 1.165) is 21.8 Å². The average Bonchev–Trinajstić information content (AvgIpc) is 2.67. The molecular formula is C20H19BrN2O3. The van der Waals surface area contributed by atoms with Crippen LogP contribution in [0, 0.1) is 0 Å². The summed E-state index contributed by atoms with van der Waals surface area (Å²) in [7, 11) is 0. The topological polar surface area (TPSA) is 60.5 Å². The number of nitrogens with one attached hydrogen (secondary N) is 1. The number of amides is 1. The van der Waals surface area contributed by atoms with Gasteiger partial charge in [0.1, 0.15) is 17.0 Å². The number of carbonyl (C=O) groups excluding carboxylic acids is 1. The summed E-state index contributed by atoms with van der Waals surface area (Å²) in [4.78, 5) is 16.6. The molecule has 0 aliphatic heterocycles. The minimum atomic E-state index is -0.236. The quantitative estimate of drug-likeness (QED) is 0.602. The zero-order valence-corrected chi connectivity index (χ0v) is 16.0. The fourth-order valence-corrected chi connectivity index (χ4v) is 2.71. The molecule has 1 N–H and O–H groups in total. The molecule has 0 spiro atoms. The van der Waals surface area contributed by atoms with Crippen molar-refractivity contribution in [3.8, 4) is 11.5 Å². The maximum atomic E-state index is 12.3. The maximum Gasteiger partial charge on any atom is 0.262 e. The van der Waals surface area contributed by atoms with Crippen molar-refractivity contribution >= 4 is 38.4 Å². The first-order valence-electron chi connectivity index (χ1n) is 8.36. The number of ether oxygens (including phenoxy) is 2. The molecule has 0 saturated heterocycles. The van der Waals surface area contributed by atoms with Crippen LogP contribution < -0.4 is 14.8 Å². The first kappa shape index (κ1) is 18.2. The normalized spacial score (nSPS) is 10.5. The third-order valence-corrected chi connectivity index (χ3v) is 4.18. The Bertz CT molecular complexity index is 897. The smallest absolute Gasteiger partial charge is 0.262 e. The molecule has 6 heteroatoms. The lowest BCUT2D eigenvalue weighted by molar-refractivity contribution is -0.118. The summed E-state index contributed by atoms with van der Waals surface area (Å²) in [6.07, 6.45) is 2.63. The molecule has 2 aromatic carbocycles. The molecule has 26 heavy (non-hydrogen) atoms. The van der Waals surface area contributed by atoms with Gasteiger partial charge in [-0.2, -0.15) is 0 Å². The predicted octanol–water partition coefficient (Wildman–Crippen LogP) is 4.80. The maximum absolute atomic E-state index is 12.3. The molecule has 0 radical (unpaired) electrons. The Morgan fingerprint density at radius 3 is 2.69 bits per heavy atom. The van der Waals surface area contributed by atoms with E-state index in [0.29, 0.717) is 23.8 Å². The van der Waals surface area contributed by atoms with Gasteiger partial charge in [0.25, 0.3) is 5.91 Å². The first-order chi connectivity index (χ1) is 12.7. The molecule has 0 atom stereocenters. The van der Waals surface area contributed by atoms with Crippen molar-refractivity contribution in [3.05, 3.63) is 59.2 Å². The second-order valence-corrected chi connectivity index (χ2v) is 6.57. The third-order valence-electron chi connectivity index (χ3n) is 3.65. The van der Waals surface area contributed by atoms with E-state index in [1.54, 1.807) is 18.3 Å². The Labute approximate surface area is 160 Å². The molecule has 0 saturated carbocycles. The summed E-state index contributed by atoms with van der Waals surface area (Å²) in [5, 5.41) is 3.71. The summed E-state index contributed by atoms with van der Waals surface area (Å²) in [6.45, 7) is 2.60. The van der Waals surface area contributed by atoms with Crippen molar-refractivity contribution in [1.82, 2.24) is 4.98 Å². The lowest BCUT2D eigenvalue weighted by Gasteiger charge is -2.12. The number of nitrogens with zero attached hydrogens (tertiary/aromatic N) is 1. The number of aromatic nitrogens is 1. The number of benzene rings is 2. The molecular weight excluding hydrogens is 396 g/mol. The standard InChI is InChI=1S/C20H19BrN2O3/c1-2-12-25-18-10-9-17(16-4-3-11-22-20(16)18)23-19(24)13-26-15-7-5-14(21)6-8-15/h3-11H,2,12-13H2,1H3,(H,23,24). The van der Waals surface area contributed by atoms with Gasteiger partial charge in [0.15, 0.2) is 6.61 Å². The van der Waals surface area contributed by atoms with Gasteiger partial charge in [-0.3, -0.25) is 9.78 Å². The van der Waals surface area contributed by atoms with E-state index in [-0.39, 0.29) is 12.5 Å². The van der Waals surface area contributed by atoms with E-state index in [4.69, 9.17) is 9.47 Å². The molecule has 1 aromatic heterocycles. The molecule has 0 aliphatic rings. The number of anilines is 1. The van der Waals surface area contributed by atoms with Crippen LogP contribution >= 0.6 is 15.9 Å². The van der Waals surface area contributed by atoms with Gasteiger partial charge in [0.2, 0.25) is 0 Å². The fourth-order valence-electron chi connectivity index (χ4n) is 2.45. The number of pyridine rings is 1. The molecule has 5 nitrogen and oxygen atoms in total. The van der Waals surface area contributed by atoms with Crippen molar-refractivity contribution in [2.75, 3.05) is 18.5 Å². The van der Waals surface area contributed by atoms with Crippen LogP contribution in [0.1, 0.15) is 13.3 Å². The molecule has 1 amide bonds. The average molecular weight is 415 g/mol. The molecule has 3 aromatic rings. The van der Waals surface area contributed by atoms with Crippen LogP contribution in [-0.2, 0) is 4.79 Å². The van der Waals surface area contributed by atoms with E-state index in [2.05, 4.69) is 33.2 Å². The Morgan fingerprint density at radius 2 is 1.92 bits per heavy atom.